The molecule has 0 saturated carbocycles. The first-order valence-corrected chi connectivity index (χ1v) is 6.39. The van der Waals surface area contributed by atoms with Crippen LogP contribution in [-0.4, -0.2) is 34.8 Å². The van der Waals surface area contributed by atoms with E-state index in [0.29, 0.717) is 0 Å². The first kappa shape index (κ1) is 17.4. The molecule has 24 heavy (non-hydrogen) atoms. The van der Waals surface area contributed by atoms with Gasteiger partial charge in [-0.15, -0.1) is 0 Å². The fourth-order valence-electron chi connectivity index (χ4n) is 2.11. The quantitative estimate of drug-likeness (QED) is 0.318. The number of carboxylic acids is 1. The SMILES string of the molecule is O=C1CC[C@@H](NC(=O)c2c(F)c(F)c(F)c(F)c2C(=O)O)C(=O)N1. The van der Waals surface area contributed by atoms with E-state index in [1.807, 2.05) is 10.6 Å². The van der Waals surface area contributed by atoms with Crippen molar-refractivity contribution in [3.05, 3.63) is 34.4 Å². The van der Waals surface area contributed by atoms with Gasteiger partial charge in [0.1, 0.15) is 11.6 Å². The van der Waals surface area contributed by atoms with Crippen LogP contribution in [0.1, 0.15) is 33.6 Å². The third-order valence-electron chi connectivity index (χ3n) is 3.25. The molecule has 3 N–H and O–H groups in total. The zero-order valence-corrected chi connectivity index (χ0v) is 11.6. The van der Waals surface area contributed by atoms with Crippen LogP contribution in [0.15, 0.2) is 0 Å². The maximum absolute atomic E-state index is 13.8. The summed E-state index contributed by atoms with van der Waals surface area (Å²) in [4.78, 5) is 45.4. The van der Waals surface area contributed by atoms with Gasteiger partial charge < -0.3 is 10.4 Å². The fourth-order valence-corrected chi connectivity index (χ4v) is 2.11. The van der Waals surface area contributed by atoms with E-state index in [0.717, 1.165) is 0 Å². The first-order valence-electron chi connectivity index (χ1n) is 6.39. The molecule has 0 bridgehead atoms. The number of rotatable bonds is 3. The van der Waals surface area contributed by atoms with Crippen molar-refractivity contribution in [1.29, 1.82) is 0 Å². The third-order valence-corrected chi connectivity index (χ3v) is 3.25. The lowest BCUT2D eigenvalue weighted by Crippen LogP contribution is -2.52. The average Bonchev–Trinajstić information content (AvgIpc) is 2.50. The molecule has 0 spiro atoms. The second-order valence-corrected chi connectivity index (χ2v) is 4.79. The van der Waals surface area contributed by atoms with Gasteiger partial charge in [0.25, 0.3) is 5.91 Å². The van der Waals surface area contributed by atoms with Crippen LogP contribution in [0, 0.1) is 23.3 Å². The molecule has 0 radical (unpaired) electrons. The van der Waals surface area contributed by atoms with Crippen molar-refractivity contribution in [2.45, 2.75) is 18.9 Å². The molecule has 7 nitrogen and oxygen atoms in total. The monoisotopic (exact) mass is 348 g/mol. The molecule has 0 unspecified atom stereocenters. The zero-order chi connectivity index (χ0) is 18.2. The normalized spacial score (nSPS) is 17.4. The van der Waals surface area contributed by atoms with E-state index in [9.17, 15) is 36.7 Å². The Hall–Kier alpha value is -2.98. The highest BCUT2D eigenvalue weighted by molar-refractivity contribution is 6.08. The van der Waals surface area contributed by atoms with E-state index in [1.165, 1.54) is 0 Å². The molecular formula is C13H8F4N2O5. The van der Waals surface area contributed by atoms with E-state index < -0.39 is 64.1 Å². The van der Waals surface area contributed by atoms with E-state index in [4.69, 9.17) is 5.11 Å². The minimum atomic E-state index is -2.39. The Morgan fingerprint density at radius 3 is 2.04 bits per heavy atom. The molecule has 0 aliphatic carbocycles. The first-order chi connectivity index (χ1) is 11.1. The summed E-state index contributed by atoms with van der Waals surface area (Å²) in [6.45, 7) is 0. The predicted molar refractivity (Wildman–Crippen MR) is 66.9 cm³/mol. The number of hydrogen-bond acceptors (Lipinski definition) is 4. The summed E-state index contributed by atoms with van der Waals surface area (Å²) in [6.07, 6.45) is -0.357. The lowest BCUT2D eigenvalue weighted by Gasteiger charge is -2.22. The van der Waals surface area contributed by atoms with Crippen LogP contribution < -0.4 is 10.6 Å². The Kier molecular flexibility index (Phi) is 4.53. The van der Waals surface area contributed by atoms with Gasteiger partial charge in [-0.25, -0.2) is 22.4 Å². The van der Waals surface area contributed by atoms with Crippen LogP contribution in [0.25, 0.3) is 0 Å². The van der Waals surface area contributed by atoms with Crippen LogP contribution in [0.3, 0.4) is 0 Å². The summed E-state index contributed by atoms with van der Waals surface area (Å²) in [5.41, 5.74) is -3.31. The highest BCUT2D eigenvalue weighted by atomic mass is 19.2. The maximum atomic E-state index is 13.8. The second kappa shape index (κ2) is 6.26. The maximum Gasteiger partial charge on any atom is 0.339 e. The Labute approximate surface area is 130 Å². The van der Waals surface area contributed by atoms with Gasteiger partial charge in [-0.1, -0.05) is 0 Å². The highest BCUT2D eigenvalue weighted by Gasteiger charge is 2.35. The molecule has 1 atom stereocenters. The number of nitrogens with one attached hydrogen (secondary N) is 2. The molecule has 3 amide bonds. The van der Waals surface area contributed by atoms with Gasteiger partial charge in [0.2, 0.25) is 11.8 Å². The van der Waals surface area contributed by atoms with Gasteiger partial charge in [0.05, 0.1) is 5.56 Å². The number of hydrogen-bond donors (Lipinski definition) is 3. The second-order valence-electron chi connectivity index (χ2n) is 4.79. The van der Waals surface area contributed by atoms with E-state index in [1.54, 1.807) is 0 Å². The number of imide groups is 1. The Bertz CT molecular complexity index is 780. The molecule has 1 fully saturated rings. The number of halogens is 4. The molecular weight excluding hydrogens is 340 g/mol. The van der Waals surface area contributed by atoms with Crippen LogP contribution >= 0.6 is 0 Å². The van der Waals surface area contributed by atoms with Gasteiger partial charge in [0.15, 0.2) is 23.3 Å². The molecule has 128 valence electrons. The molecule has 1 heterocycles. The van der Waals surface area contributed by atoms with Crippen molar-refractivity contribution < 1.29 is 41.8 Å². The van der Waals surface area contributed by atoms with Gasteiger partial charge in [-0.05, 0) is 6.42 Å². The molecule has 11 heteroatoms. The smallest absolute Gasteiger partial charge is 0.339 e. The standard InChI is InChI=1S/C13H8F4N2O5/c14-7-5(6(13(23)24)8(15)10(17)9(7)16)12(22)18-3-1-2-4(20)19-11(3)21/h3H,1-2H2,(H,18,22)(H,23,24)(H,19,20,21)/t3-/m1/s1. The highest BCUT2D eigenvalue weighted by Crippen LogP contribution is 2.24. The third kappa shape index (κ3) is 2.92. The van der Waals surface area contributed by atoms with Crippen LogP contribution in [0.5, 0.6) is 0 Å². The average molecular weight is 348 g/mol. The number of benzene rings is 1. The lowest BCUT2D eigenvalue weighted by atomic mass is 10.0. The van der Waals surface area contributed by atoms with Crippen LogP contribution in [0.4, 0.5) is 17.6 Å². The summed E-state index contributed by atoms with van der Waals surface area (Å²) in [5, 5.41) is 12.5. The summed E-state index contributed by atoms with van der Waals surface area (Å²) in [7, 11) is 0. The molecule has 1 aliphatic rings. The minimum Gasteiger partial charge on any atom is -0.478 e. The number of amides is 3. The Balaban J connectivity index is 2.44. The Morgan fingerprint density at radius 2 is 1.54 bits per heavy atom. The van der Waals surface area contributed by atoms with E-state index in [-0.39, 0.29) is 12.8 Å². The number of carbonyl (C=O) groups excluding carboxylic acids is 3. The molecule has 0 aromatic heterocycles. The number of piperidine rings is 1. The van der Waals surface area contributed by atoms with Crippen molar-refractivity contribution >= 4 is 23.7 Å². The van der Waals surface area contributed by atoms with E-state index >= 15 is 0 Å². The number of carboxylic acid groups (broad SMARTS) is 1. The molecule has 1 saturated heterocycles. The fraction of sp³-hybridized carbons (Fsp3) is 0.231. The van der Waals surface area contributed by atoms with Gasteiger partial charge in [0, 0.05) is 6.42 Å². The molecule has 1 aromatic carbocycles. The largest absolute Gasteiger partial charge is 0.478 e. The molecule has 2 rings (SSSR count). The van der Waals surface area contributed by atoms with Crippen molar-refractivity contribution in [2.24, 2.45) is 0 Å². The number of carbonyl (C=O) groups is 4. The van der Waals surface area contributed by atoms with Crippen LogP contribution in [0.2, 0.25) is 0 Å². The van der Waals surface area contributed by atoms with Gasteiger partial charge >= 0.3 is 5.97 Å². The topological polar surface area (TPSA) is 113 Å². The Morgan fingerprint density at radius 1 is 1.00 bits per heavy atom. The van der Waals surface area contributed by atoms with Gasteiger partial charge in [-0.2, -0.15) is 0 Å². The van der Waals surface area contributed by atoms with Crippen LogP contribution in [-0.2, 0) is 9.59 Å². The predicted octanol–water partition coefficient (Wildman–Crippen LogP) is 0.476. The minimum absolute atomic E-state index is 0.170. The van der Waals surface area contributed by atoms with Crippen molar-refractivity contribution in [3.8, 4) is 0 Å². The zero-order valence-electron chi connectivity index (χ0n) is 11.6. The summed E-state index contributed by atoms with van der Waals surface area (Å²) in [5.74, 6) is -14.7. The van der Waals surface area contributed by atoms with E-state index in [2.05, 4.69) is 0 Å². The molecule has 1 aliphatic heterocycles. The van der Waals surface area contributed by atoms with Crippen molar-refractivity contribution in [3.63, 3.8) is 0 Å². The summed E-state index contributed by atoms with van der Waals surface area (Å²) in [6, 6.07) is -1.35. The molecule has 1 aromatic rings. The number of aromatic carboxylic acids is 1. The lowest BCUT2D eigenvalue weighted by molar-refractivity contribution is -0.134. The summed E-state index contributed by atoms with van der Waals surface area (Å²) < 4.78 is 53.7. The van der Waals surface area contributed by atoms with Crippen molar-refractivity contribution in [1.82, 2.24) is 10.6 Å². The van der Waals surface area contributed by atoms with Crippen molar-refractivity contribution in [2.75, 3.05) is 0 Å². The summed E-state index contributed by atoms with van der Waals surface area (Å²) >= 11 is 0. The van der Waals surface area contributed by atoms with Gasteiger partial charge in [-0.3, -0.25) is 19.7 Å².